The van der Waals surface area contributed by atoms with Crippen LogP contribution in [0.2, 0.25) is 5.02 Å². The van der Waals surface area contributed by atoms with Gasteiger partial charge in [0.2, 0.25) is 0 Å². The molecule has 0 unspecified atom stereocenters. The number of fused-ring (bicyclic) bond motifs is 1. The SMILES string of the molecule is CCNC(=NCc1cc(Cl)c2c(c1)OCCO2)NCc1cccs1.I. The quantitative estimate of drug-likeness (QED) is 0.375. The predicted octanol–water partition coefficient (Wildman–Crippen LogP) is 4.05. The molecule has 1 aliphatic heterocycles. The summed E-state index contributed by atoms with van der Waals surface area (Å²) < 4.78 is 11.1. The fourth-order valence-corrected chi connectivity index (χ4v) is 3.28. The van der Waals surface area contributed by atoms with Crippen LogP contribution in [0.3, 0.4) is 0 Å². The van der Waals surface area contributed by atoms with Crippen molar-refractivity contribution in [2.75, 3.05) is 19.8 Å². The first kappa shape index (κ1) is 20.1. The van der Waals surface area contributed by atoms with Crippen molar-refractivity contribution in [1.82, 2.24) is 10.6 Å². The van der Waals surface area contributed by atoms with Gasteiger partial charge in [-0.2, -0.15) is 0 Å². The lowest BCUT2D eigenvalue weighted by Crippen LogP contribution is -2.36. The van der Waals surface area contributed by atoms with Gasteiger partial charge in [0.15, 0.2) is 17.5 Å². The molecule has 5 nitrogen and oxygen atoms in total. The van der Waals surface area contributed by atoms with Crippen LogP contribution >= 0.6 is 46.9 Å². The molecule has 25 heavy (non-hydrogen) atoms. The molecule has 8 heteroatoms. The van der Waals surface area contributed by atoms with Gasteiger partial charge in [-0.05, 0) is 36.1 Å². The normalized spacial score (nSPS) is 13.1. The largest absolute Gasteiger partial charge is 0.486 e. The van der Waals surface area contributed by atoms with Crippen LogP contribution in [0, 0.1) is 0 Å². The molecular weight excluding hydrogens is 473 g/mol. The van der Waals surface area contributed by atoms with Gasteiger partial charge >= 0.3 is 0 Å². The fraction of sp³-hybridized carbons (Fsp3) is 0.353. The van der Waals surface area contributed by atoms with Crippen LogP contribution in [0.1, 0.15) is 17.4 Å². The molecule has 0 atom stereocenters. The van der Waals surface area contributed by atoms with Gasteiger partial charge in [-0.25, -0.2) is 4.99 Å². The summed E-state index contributed by atoms with van der Waals surface area (Å²) in [7, 11) is 0. The van der Waals surface area contributed by atoms with E-state index in [-0.39, 0.29) is 24.0 Å². The second-order valence-corrected chi connectivity index (χ2v) is 6.67. The van der Waals surface area contributed by atoms with Crippen molar-refractivity contribution in [3.8, 4) is 11.5 Å². The van der Waals surface area contributed by atoms with E-state index in [2.05, 4.69) is 27.1 Å². The lowest BCUT2D eigenvalue weighted by atomic mass is 10.2. The van der Waals surface area contributed by atoms with Gasteiger partial charge in [0.1, 0.15) is 13.2 Å². The summed E-state index contributed by atoms with van der Waals surface area (Å²) >= 11 is 7.99. The standard InChI is InChI=1S/C17H20ClN3O2S.HI/c1-2-19-17(21-11-13-4-3-7-24-13)20-10-12-8-14(18)16-15(9-12)22-5-6-23-16;/h3-4,7-9H,2,5-6,10-11H2,1H3,(H2,19,20,21);1H. The second-order valence-electron chi connectivity index (χ2n) is 5.23. The molecule has 0 amide bonds. The zero-order chi connectivity index (χ0) is 16.8. The van der Waals surface area contributed by atoms with Crippen LogP contribution in [0.25, 0.3) is 0 Å². The van der Waals surface area contributed by atoms with Crippen molar-refractivity contribution >= 4 is 52.9 Å². The van der Waals surface area contributed by atoms with Crippen LogP contribution in [-0.4, -0.2) is 25.7 Å². The van der Waals surface area contributed by atoms with Crippen LogP contribution in [0.4, 0.5) is 0 Å². The van der Waals surface area contributed by atoms with Crippen molar-refractivity contribution in [3.05, 3.63) is 45.1 Å². The van der Waals surface area contributed by atoms with Gasteiger partial charge in [-0.3, -0.25) is 0 Å². The summed E-state index contributed by atoms with van der Waals surface area (Å²) in [6.07, 6.45) is 0. The predicted molar refractivity (Wildman–Crippen MR) is 114 cm³/mol. The summed E-state index contributed by atoms with van der Waals surface area (Å²) in [5.41, 5.74) is 0.984. The van der Waals surface area contributed by atoms with Gasteiger partial charge in [0.05, 0.1) is 18.1 Å². The topological polar surface area (TPSA) is 54.9 Å². The first-order chi connectivity index (χ1) is 11.8. The molecule has 136 valence electrons. The zero-order valence-electron chi connectivity index (χ0n) is 13.9. The van der Waals surface area contributed by atoms with Gasteiger partial charge in [0.25, 0.3) is 0 Å². The number of benzene rings is 1. The Morgan fingerprint density at radius 1 is 1.28 bits per heavy atom. The van der Waals surface area contributed by atoms with Crippen LogP contribution in [0.15, 0.2) is 34.6 Å². The molecule has 0 bridgehead atoms. The van der Waals surface area contributed by atoms with Crippen LogP contribution in [0.5, 0.6) is 11.5 Å². The van der Waals surface area contributed by atoms with E-state index in [0.717, 1.165) is 24.6 Å². The Hall–Kier alpha value is -1.19. The van der Waals surface area contributed by atoms with E-state index >= 15 is 0 Å². The molecule has 0 fully saturated rings. The van der Waals surface area contributed by atoms with E-state index in [0.29, 0.717) is 36.3 Å². The molecule has 2 aromatic rings. The summed E-state index contributed by atoms with van der Waals surface area (Å²) in [6, 6.07) is 7.96. The number of rotatable bonds is 5. The third kappa shape index (κ3) is 5.65. The molecule has 0 saturated carbocycles. The third-order valence-corrected chi connectivity index (χ3v) is 4.59. The molecule has 3 rings (SSSR count). The third-order valence-electron chi connectivity index (χ3n) is 3.43. The number of thiophene rings is 1. The Balaban J connectivity index is 0.00000225. The minimum absolute atomic E-state index is 0. The highest BCUT2D eigenvalue weighted by atomic mass is 127. The average Bonchev–Trinajstić information content (AvgIpc) is 3.11. The lowest BCUT2D eigenvalue weighted by molar-refractivity contribution is 0.171. The Morgan fingerprint density at radius 3 is 2.88 bits per heavy atom. The summed E-state index contributed by atoms with van der Waals surface area (Å²) in [5, 5.41) is 9.21. The van der Waals surface area contributed by atoms with Crippen molar-refractivity contribution in [3.63, 3.8) is 0 Å². The minimum atomic E-state index is 0. The number of aliphatic imine (C=N–C) groups is 1. The van der Waals surface area contributed by atoms with E-state index in [4.69, 9.17) is 21.1 Å². The number of hydrogen-bond donors (Lipinski definition) is 2. The minimum Gasteiger partial charge on any atom is -0.486 e. The second kappa shape index (κ2) is 10.1. The Morgan fingerprint density at radius 2 is 2.12 bits per heavy atom. The molecule has 0 saturated heterocycles. The number of halogens is 2. The maximum Gasteiger partial charge on any atom is 0.191 e. The smallest absolute Gasteiger partial charge is 0.191 e. The van der Waals surface area contributed by atoms with E-state index in [1.165, 1.54) is 4.88 Å². The van der Waals surface area contributed by atoms with Crippen molar-refractivity contribution in [2.24, 2.45) is 4.99 Å². The molecular formula is C17H21ClIN3O2S. The number of nitrogens with one attached hydrogen (secondary N) is 2. The van der Waals surface area contributed by atoms with E-state index in [9.17, 15) is 0 Å². The molecule has 1 aliphatic rings. The monoisotopic (exact) mass is 493 g/mol. The van der Waals surface area contributed by atoms with E-state index in [1.807, 2.05) is 25.1 Å². The van der Waals surface area contributed by atoms with Crippen LogP contribution < -0.4 is 20.1 Å². The first-order valence-electron chi connectivity index (χ1n) is 7.89. The molecule has 1 aromatic carbocycles. The van der Waals surface area contributed by atoms with Crippen molar-refractivity contribution < 1.29 is 9.47 Å². The maximum atomic E-state index is 6.27. The zero-order valence-corrected chi connectivity index (χ0v) is 17.8. The summed E-state index contributed by atoms with van der Waals surface area (Å²) in [5.74, 6) is 2.09. The molecule has 1 aromatic heterocycles. The molecule has 2 N–H and O–H groups in total. The summed E-state index contributed by atoms with van der Waals surface area (Å²) in [6.45, 7) is 5.19. The van der Waals surface area contributed by atoms with Crippen LogP contribution in [-0.2, 0) is 13.1 Å². The highest BCUT2D eigenvalue weighted by molar-refractivity contribution is 14.0. The first-order valence-corrected chi connectivity index (χ1v) is 9.14. The number of ether oxygens (including phenoxy) is 2. The number of guanidine groups is 1. The Labute approximate surface area is 173 Å². The Kier molecular flexibility index (Phi) is 8.11. The van der Waals surface area contributed by atoms with Gasteiger partial charge in [0, 0.05) is 11.4 Å². The molecule has 0 radical (unpaired) electrons. The van der Waals surface area contributed by atoms with E-state index in [1.54, 1.807) is 11.3 Å². The van der Waals surface area contributed by atoms with Gasteiger partial charge in [-0.1, -0.05) is 17.7 Å². The highest BCUT2D eigenvalue weighted by Crippen LogP contribution is 2.38. The maximum absolute atomic E-state index is 6.27. The summed E-state index contributed by atoms with van der Waals surface area (Å²) in [4.78, 5) is 5.88. The molecule has 0 aliphatic carbocycles. The van der Waals surface area contributed by atoms with Gasteiger partial charge < -0.3 is 20.1 Å². The number of nitrogens with zero attached hydrogens (tertiary/aromatic N) is 1. The Bertz CT molecular complexity index is 710. The van der Waals surface area contributed by atoms with Gasteiger partial charge in [-0.15, -0.1) is 35.3 Å². The lowest BCUT2D eigenvalue weighted by Gasteiger charge is -2.20. The fourth-order valence-electron chi connectivity index (χ4n) is 2.35. The highest BCUT2D eigenvalue weighted by Gasteiger charge is 2.16. The van der Waals surface area contributed by atoms with Crippen molar-refractivity contribution in [2.45, 2.75) is 20.0 Å². The molecule has 0 spiro atoms. The average molecular weight is 494 g/mol. The molecule has 2 heterocycles. The van der Waals surface area contributed by atoms with Crippen molar-refractivity contribution in [1.29, 1.82) is 0 Å². The van der Waals surface area contributed by atoms with E-state index < -0.39 is 0 Å². The number of hydrogen-bond acceptors (Lipinski definition) is 4.